The molecule has 0 aliphatic heterocycles. The molecule has 8 nitrogen and oxygen atoms in total. The second kappa shape index (κ2) is 16.1. The number of amides is 3. The molecule has 0 saturated carbocycles. The standard InChI is InChI=1S/C38H32FN3O5S/c1-46-29-19-22-34(47-2)32(24-29)41-38(45)35(25-11-5-3-6-12-25)48-30-20-17-28(18-21-30)40-37(44)33(23-27-15-9-10-16-31(27)39)42-36(43)26-13-7-4-8-14-26/h3-24,35H,1-2H3,(H,40,44)(H,41,45)(H,42,43)/b33-23-. The Balaban J connectivity index is 1.34. The van der Waals surface area contributed by atoms with Crippen molar-refractivity contribution in [3.05, 3.63) is 156 Å². The number of carbonyl (C=O) groups is 3. The van der Waals surface area contributed by atoms with Crippen LogP contribution < -0.4 is 25.4 Å². The number of hydrogen-bond acceptors (Lipinski definition) is 6. The van der Waals surface area contributed by atoms with E-state index in [2.05, 4.69) is 16.0 Å². The number of halogens is 1. The van der Waals surface area contributed by atoms with E-state index in [1.807, 2.05) is 30.3 Å². The lowest BCUT2D eigenvalue weighted by Crippen LogP contribution is -2.30. The van der Waals surface area contributed by atoms with Gasteiger partial charge < -0.3 is 25.4 Å². The van der Waals surface area contributed by atoms with Crippen LogP contribution in [0.15, 0.2) is 138 Å². The molecule has 0 heterocycles. The molecule has 0 bridgehead atoms. The van der Waals surface area contributed by atoms with Gasteiger partial charge in [-0.1, -0.05) is 66.7 Å². The fraction of sp³-hybridized carbons (Fsp3) is 0.0789. The average molecular weight is 662 g/mol. The predicted octanol–water partition coefficient (Wildman–Crippen LogP) is 7.72. The van der Waals surface area contributed by atoms with E-state index in [0.29, 0.717) is 28.4 Å². The van der Waals surface area contributed by atoms with Crippen molar-refractivity contribution >= 4 is 46.9 Å². The lowest BCUT2D eigenvalue weighted by molar-refractivity contribution is -0.116. The van der Waals surface area contributed by atoms with Gasteiger partial charge in [0.1, 0.15) is 28.3 Å². The second-order valence-electron chi connectivity index (χ2n) is 10.3. The van der Waals surface area contributed by atoms with E-state index in [4.69, 9.17) is 9.47 Å². The third-order valence-corrected chi connectivity index (χ3v) is 8.37. The number of anilines is 2. The number of carbonyl (C=O) groups excluding carboxylic acids is 3. The summed E-state index contributed by atoms with van der Waals surface area (Å²) in [6.45, 7) is 0. The van der Waals surface area contributed by atoms with Gasteiger partial charge in [-0.3, -0.25) is 14.4 Å². The molecule has 5 aromatic rings. The highest BCUT2D eigenvalue weighted by atomic mass is 32.2. The van der Waals surface area contributed by atoms with Crippen molar-refractivity contribution in [2.24, 2.45) is 0 Å². The van der Waals surface area contributed by atoms with Gasteiger partial charge in [-0.05, 0) is 66.2 Å². The lowest BCUT2D eigenvalue weighted by Gasteiger charge is -2.19. The molecule has 0 aliphatic rings. The Morgan fingerprint density at radius 1 is 0.750 bits per heavy atom. The Morgan fingerprint density at radius 3 is 2.08 bits per heavy atom. The zero-order valence-electron chi connectivity index (χ0n) is 26.1. The zero-order chi connectivity index (χ0) is 33.9. The van der Waals surface area contributed by atoms with Crippen LogP contribution in [0.2, 0.25) is 0 Å². The van der Waals surface area contributed by atoms with Gasteiger partial charge in [0.05, 0.1) is 19.9 Å². The molecule has 0 aliphatic carbocycles. The summed E-state index contributed by atoms with van der Waals surface area (Å²) >= 11 is 1.33. The van der Waals surface area contributed by atoms with Crippen molar-refractivity contribution in [3.63, 3.8) is 0 Å². The van der Waals surface area contributed by atoms with Crippen molar-refractivity contribution < 1.29 is 28.2 Å². The molecule has 0 spiro atoms. The number of thioether (sulfide) groups is 1. The van der Waals surface area contributed by atoms with Gasteiger partial charge in [0.25, 0.3) is 11.8 Å². The van der Waals surface area contributed by atoms with E-state index in [0.717, 1.165) is 10.5 Å². The molecular formula is C38H32FN3O5S. The Hall–Kier alpha value is -5.87. The van der Waals surface area contributed by atoms with E-state index < -0.39 is 22.9 Å². The maximum absolute atomic E-state index is 14.5. The Morgan fingerprint density at radius 2 is 1.42 bits per heavy atom. The van der Waals surface area contributed by atoms with E-state index in [1.165, 1.54) is 43.1 Å². The SMILES string of the molecule is COc1ccc(OC)c(NC(=O)C(Sc2ccc(NC(=O)/C(=C/c3ccccc3F)NC(=O)c3ccccc3)cc2)c2ccccc2)c1. The minimum atomic E-state index is -0.642. The number of hydrogen-bond donors (Lipinski definition) is 3. The Kier molecular flexibility index (Phi) is 11.2. The molecule has 0 saturated heterocycles. The highest BCUT2D eigenvalue weighted by Crippen LogP contribution is 2.38. The first-order chi connectivity index (χ1) is 23.3. The zero-order valence-corrected chi connectivity index (χ0v) is 26.9. The predicted molar refractivity (Wildman–Crippen MR) is 187 cm³/mol. The lowest BCUT2D eigenvalue weighted by atomic mass is 10.1. The molecule has 1 unspecified atom stereocenters. The number of ether oxygens (including phenoxy) is 2. The van der Waals surface area contributed by atoms with Gasteiger partial charge in [-0.2, -0.15) is 0 Å². The molecular weight excluding hydrogens is 629 g/mol. The van der Waals surface area contributed by atoms with Crippen LogP contribution in [0.4, 0.5) is 15.8 Å². The first-order valence-corrected chi connectivity index (χ1v) is 15.7. The fourth-order valence-electron chi connectivity index (χ4n) is 4.65. The Labute approximate surface area is 282 Å². The van der Waals surface area contributed by atoms with Gasteiger partial charge in [-0.25, -0.2) is 4.39 Å². The number of rotatable bonds is 12. The molecule has 5 aromatic carbocycles. The van der Waals surface area contributed by atoms with E-state index in [1.54, 1.807) is 86.0 Å². The fourth-order valence-corrected chi connectivity index (χ4v) is 5.68. The summed E-state index contributed by atoms with van der Waals surface area (Å²) in [6, 6.07) is 35.8. The van der Waals surface area contributed by atoms with E-state index in [9.17, 15) is 18.8 Å². The monoisotopic (exact) mass is 661 g/mol. The largest absolute Gasteiger partial charge is 0.497 e. The molecule has 0 radical (unpaired) electrons. The first-order valence-electron chi connectivity index (χ1n) is 14.8. The highest BCUT2D eigenvalue weighted by molar-refractivity contribution is 8.00. The summed E-state index contributed by atoms with van der Waals surface area (Å²) in [7, 11) is 3.07. The molecule has 1 atom stereocenters. The van der Waals surface area contributed by atoms with Crippen molar-refractivity contribution in [2.45, 2.75) is 10.1 Å². The van der Waals surface area contributed by atoms with Crippen LogP contribution >= 0.6 is 11.8 Å². The molecule has 48 heavy (non-hydrogen) atoms. The second-order valence-corrected chi connectivity index (χ2v) is 11.5. The molecule has 3 N–H and O–H groups in total. The van der Waals surface area contributed by atoms with Crippen molar-refractivity contribution in [1.82, 2.24) is 5.32 Å². The van der Waals surface area contributed by atoms with Gasteiger partial charge in [0.15, 0.2) is 0 Å². The summed E-state index contributed by atoms with van der Waals surface area (Å²) in [5.41, 5.74) is 2.03. The Bertz CT molecular complexity index is 1920. The summed E-state index contributed by atoms with van der Waals surface area (Å²) in [5.74, 6) is -0.913. The summed E-state index contributed by atoms with van der Waals surface area (Å²) in [4.78, 5) is 40.8. The molecule has 10 heteroatoms. The van der Waals surface area contributed by atoms with Gasteiger partial charge in [0.2, 0.25) is 5.91 Å². The quantitative estimate of drug-likeness (QED) is 0.0934. The van der Waals surface area contributed by atoms with Gasteiger partial charge in [-0.15, -0.1) is 11.8 Å². The number of methoxy groups -OCH3 is 2. The third kappa shape index (κ3) is 8.68. The minimum Gasteiger partial charge on any atom is -0.497 e. The third-order valence-electron chi connectivity index (χ3n) is 7.10. The summed E-state index contributed by atoms with van der Waals surface area (Å²) in [6.07, 6.45) is 1.29. The first kappa shape index (κ1) is 33.5. The average Bonchev–Trinajstić information content (AvgIpc) is 3.12. The van der Waals surface area contributed by atoms with Crippen LogP contribution in [0.25, 0.3) is 6.08 Å². The maximum atomic E-state index is 14.5. The van der Waals surface area contributed by atoms with Crippen LogP contribution in [0.3, 0.4) is 0 Å². The summed E-state index contributed by atoms with van der Waals surface area (Å²) < 4.78 is 25.2. The maximum Gasteiger partial charge on any atom is 0.272 e. The molecule has 3 amide bonds. The molecule has 242 valence electrons. The van der Waals surface area contributed by atoms with E-state index in [-0.39, 0.29) is 17.2 Å². The van der Waals surface area contributed by atoms with Crippen LogP contribution in [0.1, 0.15) is 26.7 Å². The normalized spacial score (nSPS) is 11.6. The summed E-state index contributed by atoms with van der Waals surface area (Å²) in [5, 5.41) is 7.72. The van der Waals surface area contributed by atoms with Crippen molar-refractivity contribution in [1.29, 1.82) is 0 Å². The van der Waals surface area contributed by atoms with Crippen LogP contribution in [-0.2, 0) is 9.59 Å². The van der Waals surface area contributed by atoms with Crippen molar-refractivity contribution in [2.75, 3.05) is 24.9 Å². The minimum absolute atomic E-state index is 0.138. The van der Waals surface area contributed by atoms with Gasteiger partial charge >= 0.3 is 0 Å². The molecule has 0 fully saturated rings. The van der Waals surface area contributed by atoms with Crippen LogP contribution in [0, 0.1) is 5.82 Å². The van der Waals surface area contributed by atoms with Gasteiger partial charge in [0, 0.05) is 27.8 Å². The van der Waals surface area contributed by atoms with Crippen LogP contribution in [0.5, 0.6) is 11.5 Å². The van der Waals surface area contributed by atoms with Crippen LogP contribution in [-0.4, -0.2) is 31.9 Å². The molecule has 5 rings (SSSR count). The topological polar surface area (TPSA) is 106 Å². The molecule has 0 aromatic heterocycles. The number of benzene rings is 5. The smallest absolute Gasteiger partial charge is 0.272 e. The number of nitrogens with one attached hydrogen (secondary N) is 3. The van der Waals surface area contributed by atoms with Crippen molar-refractivity contribution in [3.8, 4) is 11.5 Å². The highest BCUT2D eigenvalue weighted by Gasteiger charge is 2.24. The van der Waals surface area contributed by atoms with E-state index >= 15 is 0 Å².